The zero-order valence-corrected chi connectivity index (χ0v) is 18.5. The van der Waals surface area contributed by atoms with Crippen molar-refractivity contribution in [3.8, 4) is 11.1 Å². The fraction of sp³-hybridized carbons (Fsp3) is 0.292. The number of amides is 2. The number of fused-ring (bicyclic) bond motifs is 3. The molecule has 0 saturated carbocycles. The molecule has 2 aromatic carbocycles. The molecule has 1 fully saturated rings. The van der Waals surface area contributed by atoms with Crippen LogP contribution < -0.4 is 5.32 Å². The molecule has 2 N–H and O–H groups in total. The molecule has 3 aromatic rings. The zero-order valence-electron chi connectivity index (χ0n) is 18.5. The number of carbonyl (C=O) groups excluding carboxylic acids is 2. The standard InChI is InChI=1S/C24H22N4O7/c29-20(30)11-14-12-33-10-9-28(14)23(31)21-22(27-35-26-21)25-24(32)34-13-19-17-7-3-1-5-15(17)16-6-2-4-8-18(16)19/h1-8,14,19H,9-13H2,(H,29,30)(H,25,27,32). The van der Waals surface area contributed by atoms with E-state index in [4.69, 9.17) is 14.6 Å². The third-order valence-corrected chi connectivity index (χ3v) is 6.15. The van der Waals surface area contributed by atoms with Crippen molar-refractivity contribution in [2.24, 2.45) is 0 Å². The molecular weight excluding hydrogens is 456 g/mol. The summed E-state index contributed by atoms with van der Waals surface area (Å²) in [5, 5.41) is 18.8. The van der Waals surface area contributed by atoms with Crippen LogP contribution in [-0.2, 0) is 14.3 Å². The van der Waals surface area contributed by atoms with Gasteiger partial charge in [-0.2, -0.15) is 0 Å². The van der Waals surface area contributed by atoms with E-state index in [1.807, 2.05) is 48.5 Å². The van der Waals surface area contributed by atoms with Gasteiger partial charge in [0.1, 0.15) is 6.61 Å². The highest BCUT2D eigenvalue weighted by Gasteiger charge is 2.34. The molecule has 2 heterocycles. The van der Waals surface area contributed by atoms with E-state index in [0.29, 0.717) is 0 Å². The number of carbonyl (C=O) groups is 3. The Labute approximate surface area is 199 Å². The van der Waals surface area contributed by atoms with Gasteiger partial charge in [0.2, 0.25) is 11.5 Å². The Morgan fingerprint density at radius 2 is 1.74 bits per heavy atom. The molecule has 1 atom stereocenters. The molecule has 11 nitrogen and oxygen atoms in total. The lowest BCUT2D eigenvalue weighted by molar-refractivity contribution is -0.139. The van der Waals surface area contributed by atoms with Gasteiger partial charge in [-0.3, -0.25) is 14.9 Å². The van der Waals surface area contributed by atoms with Crippen LogP contribution >= 0.6 is 0 Å². The molecule has 0 radical (unpaired) electrons. The van der Waals surface area contributed by atoms with Crippen LogP contribution in [-0.4, -0.2) is 70.7 Å². The Hall–Kier alpha value is -4.25. The van der Waals surface area contributed by atoms with Gasteiger partial charge >= 0.3 is 12.1 Å². The molecule has 11 heteroatoms. The number of aromatic nitrogens is 2. The summed E-state index contributed by atoms with van der Waals surface area (Å²) >= 11 is 0. The smallest absolute Gasteiger partial charge is 0.412 e. The first kappa shape index (κ1) is 22.5. The van der Waals surface area contributed by atoms with E-state index in [9.17, 15) is 14.4 Å². The zero-order chi connectivity index (χ0) is 24.4. The summed E-state index contributed by atoms with van der Waals surface area (Å²) in [4.78, 5) is 38.1. The summed E-state index contributed by atoms with van der Waals surface area (Å²) in [7, 11) is 0. The Balaban J connectivity index is 1.26. The molecule has 180 valence electrons. The van der Waals surface area contributed by atoms with E-state index >= 15 is 0 Å². The maximum atomic E-state index is 13.0. The quantitative estimate of drug-likeness (QED) is 0.546. The molecule has 1 unspecified atom stereocenters. The van der Waals surface area contributed by atoms with Crippen molar-refractivity contribution >= 4 is 23.8 Å². The van der Waals surface area contributed by atoms with Gasteiger partial charge in [-0.1, -0.05) is 48.5 Å². The predicted molar refractivity (Wildman–Crippen MR) is 121 cm³/mol. The van der Waals surface area contributed by atoms with Gasteiger partial charge in [-0.25, -0.2) is 9.42 Å². The van der Waals surface area contributed by atoms with Gasteiger partial charge in [0.25, 0.3) is 5.91 Å². The fourth-order valence-corrected chi connectivity index (χ4v) is 4.57. The Kier molecular flexibility index (Phi) is 6.15. The lowest BCUT2D eigenvalue weighted by Gasteiger charge is -2.34. The summed E-state index contributed by atoms with van der Waals surface area (Å²) < 4.78 is 15.5. The monoisotopic (exact) mass is 478 g/mol. The topological polar surface area (TPSA) is 144 Å². The van der Waals surface area contributed by atoms with Crippen molar-refractivity contribution in [1.29, 1.82) is 0 Å². The van der Waals surface area contributed by atoms with Crippen molar-refractivity contribution < 1.29 is 33.6 Å². The van der Waals surface area contributed by atoms with Crippen LogP contribution in [0.15, 0.2) is 53.2 Å². The largest absolute Gasteiger partial charge is 0.481 e. The van der Waals surface area contributed by atoms with Gasteiger partial charge in [0.05, 0.1) is 25.7 Å². The minimum atomic E-state index is -1.06. The summed E-state index contributed by atoms with van der Waals surface area (Å²) in [5.41, 5.74) is 4.10. The minimum absolute atomic E-state index is 0.0818. The molecule has 1 aliphatic carbocycles. The maximum absolute atomic E-state index is 13.0. The summed E-state index contributed by atoms with van der Waals surface area (Å²) in [6.45, 7) is 0.591. The number of carboxylic acids is 1. The SMILES string of the molecule is O=C(O)CC1COCCN1C(=O)c1nonc1NC(=O)OCC1c2ccccc2-c2ccccc21. The number of aliphatic carboxylic acids is 1. The van der Waals surface area contributed by atoms with Crippen LogP contribution in [0.3, 0.4) is 0 Å². The van der Waals surface area contributed by atoms with Crippen molar-refractivity contribution in [3.63, 3.8) is 0 Å². The number of morpholine rings is 1. The molecule has 1 aliphatic heterocycles. The fourth-order valence-electron chi connectivity index (χ4n) is 4.57. The van der Waals surface area contributed by atoms with Gasteiger partial charge in [-0.05, 0) is 32.6 Å². The third kappa shape index (κ3) is 4.45. The normalized spacial score (nSPS) is 16.9. The molecule has 2 amide bonds. The average Bonchev–Trinajstić information content (AvgIpc) is 3.45. The lowest BCUT2D eigenvalue weighted by Crippen LogP contribution is -2.49. The van der Waals surface area contributed by atoms with Gasteiger partial charge in [0, 0.05) is 12.5 Å². The number of rotatable bonds is 6. The second kappa shape index (κ2) is 9.55. The highest BCUT2D eigenvalue weighted by Crippen LogP contribution is 2.44. The van der Waals surface area contributed by atoms with Crippen molar-refractivity contribution in [2.45, 2.75) is 18.4 Å². The average molecular weight is 478 g/mol. The highest BCUT2D eigenvalue weighted by atomic mass is 16.6. The predicted octanol–water partition coefficient (Wildman–Crippen LogP) is 2.75. The van der Waals surface area contributed by atoms with Crippen LogP contribution in [0.5, 0.6) is 0 Å². The number of anilines is 1. The number of nitrogens with one attached hydrogen (secondary N) is 1. The van der Waals surface area contributed by atoms with E-state index in [1.54, 1.807) is 0 Å². The number of nitrogens with zero attached hydrogens (tertiary/aromatic N) is 3. The molecule has 1 saturated heterocycles. The van der Waals surface area contributed by atoms with Gasteiger partial charge in [-0.15, -0.1) is 0 Å². The highest BCUT2D eigenvalue weighted by molar-refractivity contribution is 6.00. The summed E-state index contributed by atoms with van der Waals surface area (Å²) in [6.07, 6.45) is -1.10. The first-order valence-corrected chi connectivity index (χ1v) is 11.1. The lowest BCUT2D eigenvalue weighted by atomic mass is 9.98. The first-order valence-electron chi connectivity index (χ1n) is 11.1. The number of benzene rings is 2. The Bertz CT molecular complexity index is 1230. The molecule has 35 heavy (non-hydrogen) atoms. The molecular formula is C24H22N4O7. The van der Waals surface area contributed by atoms with E-state index in [-0.39, 0.29) is 50.2 Å². The van der Waals surface area contributed by atoms with Crippen molar-refractivity contribution in [3.05, 3.63) is 65.4 Å². The number of carboxylic acid groups (broad SMARTS) is 1. The van der Waals surface area contributed by atoms with E-state index in [2.05, 4.69) is 20.3 Å². The van der Waals surface area contributed by atoms with Crippen LogP contribution in [0.2, 0.25) is 0 Å². The van der Waals surface area contributed by atoms with E-state index < -0.39 is 24.0 Å². The van der Waals surface area contributed by atoms with Crippen LogP contribution in [0, 0.1) is 0 Å². The second-order valence-corrected chi connectivity index (χ2v) is 8.24. The number of ether oxygens (including phenoxy) is 2. The van der Waals surface area contributed by atoms with Crippen LogP contribution in [0.4, 0.5) is 10.6 Å². The molecule has 5 rings (SSSR count). The minimum Gasteiger partial charge on any atom is -0.481 e. The van der Waals surface area contributed by atoms with Crippen LogP contribution in [0.25, 0.3) is 11.1 Å². The van der Waals surface area contributed by atoms with Crippen molar-refractivity contribution in [2.75, 3.05) is 31.7 Å². The van der Waals surface area contributed by atoms with Crippen molar-refractivity contribution in [1.82, 2.24) is 15.2 Å². The summed E-state index contributed by atoms with van der Waals surface area (Å²) in [5.74, 6) is -2.01. The Morgan fingerprint density at radius 3 is 2.43 bits per heavy atom. The summed E-state index contributed by atoms with van der Waals surface area (Å²) in [6, 6.07) is 15.2. The van der Waals surface area contributed by atoms with Gasteiger partial charge < -0.3 is 19.5 Å². The Morgan fingerprint density at radius 1 is 1.06 bits per heavy atom. The first-order chi connectivity index (χ1) is 17.0. The third-order valence-electron chi connectivity index (χ3n) is 6.15. The molecule has 2 aliphatic rings. The van der Waals surface area contributed by atoms with Crippen LogP contribution in [0.1, 0.15) is 34.0 Å². The molecule has 0 spiro atoms. The van der Waals surface area contributed by atoms with Gasteiger partial charge in [0.15, 0.2) is 0 Å². The van der Waals surface area contributed by atoms with E-state index in [1.165, 1.54) is 4.90 Å². The number of hydrogen-bond donors (Lipinski definition) is 2. The van der Waals surface area contributed by atoms with E-state index in [0.717, 1.165) is 22.3 Å². The molecule has 1 aromatic heterocycles. The maximum Gasteiger partial charge on any atom is 0.412 e. The second-order valence-electron chi connectivity index (χ2n) is 8.24. The molecule has 0 bridgehead atoms. The number of hydrogen-bond acceptors (Lipinski definition) is 8.